The topological polar surface area (TPSA) is 92.5 Å². The van der Waals surface area contributed by atoms with Gasteiger partial charge in [0.2, 0.25) is 15.9 Å². The van der Waals surface area contributed by atoms with Crippen molar-refractivity contribution in [1.82, 2.24) is 4.31 Å². The molecule has 1 aromatic rings. The Morgan fingerprint density at radius 2 is 2.05 bits per heavy atom. The molecular weight excluding hydrogens is 266 g/mol. The van der Waals surface area contributed by atoms with Gasteiger partial charge in [-0.3, -0.25) is 4.79 Å². The first-order valence-corrected chi connectivity index (χ1v) is 7.25. The van der Waals surface area contributed by atoms with Crippen LogP contribution in [0.15, 0.2) is 29.2 Å². The molecule has 3 N–H and O–H groups in total. The molecule has 1 aromatic carbocycles. The highest BCUT2D eigenvalue weighted by Crippen LogP contribution is 2.18. The van der Waals surface area contributed by atoms with Crippen LogP contribution in [0, 0.1) is 0 Å². The maximum atomic E-state index is 11.9. The summed E-state index contributed by atoms with van der Waals surface area (Å²) < 4.78 is 25.0. The van der Waals surface area contributed by atoms with E-state index in [1.165, 1.54) is 26.2 Å². The number of rotatable bonds is 5. The first kappa shape index (κ1) is 15.6. The Bertz CT molecular complexity index is 553. The van der Waals surface area contributed by atoms with Gasteiger partial charge in [-0.1, -0.05) is 6.07 Å². The van der Waals surface area contributed by atoms with Crippen molar-refractivity contribution in [2.45, 2.75) is 24.3 Å². The molecule has 0 fully saturated rings. The van der Waals surface area contributed by atoms with Gasteiger partial charge in [-0.25, -0.2) is 12.7 Å². The van der Waals surface area contributed by atoms with Crippen LogP contribution in [0.3, 0.4) is 0 Å². The molecule has 1 unspecified atom stereocenters. The summed E-state index contributed by atoms with van der Waals surface area (Å²) >= 11 is 0. The minimum atomic E-state index is -3.50. The Hall–Kier alpha value is -1.44. The highest BCUT2D eigenvalue weighted by atomic mass is 32.2. The van der Waals surface area contributed by atoms with E-state index in [4.69, 9.17) is 5.73 Å². The fourth-order valence-corrected chi connectivity index (χ4v) is 2.40. The number of carbonyl (C=O) groups excluding carboxylic acids is 1. The van der Waals surface area contributed by atoms with E-state index >= 15 is 0 Å². The van der Waals surface area contributed by atoms with Crippen LogP contribution in [0.1, 0.15) is 13.3 Å². The van der Waals surface area contributed by atoms with E-state index < -0.39 is 10.0 Å². The first-order chi connectivity index (χ1) is 8.73. The highest BCUT2D eigenvalue weighted by Gasteiger charge is 2.17. The zero-order valence-corrected chi connectivity index (χ0v) is 12.1. The number of nitrogens with one attached hydrogen (secondary N) is 1. The molecule has 6 nitrogen and oxygen atoms in total. The molecule has 0 radical (unpaired) electrons. The molecule has 7 heteroatoms. The number of nitrogens with two attached hydrogens (primary N) is 1. The zero-order valence-electron chi connectivity index (χ0n) is 11.3. The largest absolute Gasteiger partial charge is 0.327 e. The van der Waals surface area contributed by atoms with E-state index in [-0.39, 0.29) is 23.3 Å². The van der Waals surface area contributed by atoms with Crippen molar-refractivity contribution in [1.29, 1.82) is 0 Å². The molecule has 0 aliphatic heterocycles. The lowest BCUT2D eigenvalue weighted by molar-refractivity contribution is -0.116. The minimum absolute atomic E-state index is 0.135. The van der Waals surface area contributed by atoms with Crippen molar-refractivity contribution < 1.29 is 13.2 Å². The normalized spacial score (nSPS) is 13.3. The second-order valence-corrected chi connectivity index (χ2v) is 6.70. The average molecular weight is 285 g/mol. The highest BCUT2D eigenvalue weighted by molar-refractivity contribution is 7.89. The number of carbonyl (C=O) groups is 1. The van der Waals surface area contributed by atoms with Crippen LogP contribution < -0.4 is 11.1 Å². The molecule has 1 atom stereocenters. The van der Waals surface area contributed by atoms with Crippen LogP contribution in [-0.4, -0.2) is 38.8 Å². The molecule has 0 saturated carbocycles. The van der Waals surface area contributed by atoms with Crippen molar-refractivity contribution in [3.8, 4) is 0 Å². The van der Waals surface area contributed by atoms with E-state index in [1.807, 2.05) is 0 Å². The Morgan fingerprint density at radius 1 is 1.42 bits per heavy atom. The molecule has 0 aromatic heterocycles. The van der Waals surface area contributed by atoms with Crippen LogP contribution in [0.2, 0.25) is 0 Å². The number of amides is 1. The number of anilines is 1. The van der Waals surface area contributed by atoms with Crippen molar-refractivity contribution in [2.75, 3.05) is 19.4 Å². The summed E-state index contributed by atoms with van der Waals surface area (Å²) in [7, 11) is -0.591. The lowest BCUT2D eigenvalue weighted by Crippen LogP contribution is -2.24. The van der Waals surface area contributed by atoms with Gasteiger partial charge in [0.25, 0.3) is 0 Å². The summed E-state index contributed by atoms with van der Waals surface area (Å²) in [5, 5.41) is 2.62. The summed E-state index contributed by atoms with van der Waals surface area (Å²) in [6, 6.07) is 5.88. The molecular formula is C12H19N3O3S. The average Bonchev–Trinajstić information content (AvgIpc) is 2.27. The van der Waals surface area contributed by atoms with Crippen LogP contribution >= 0.6 is 0 Å². The maximum absolute atomic E-state index is 11.9. The predicted octanol–water partition coefficient (Wildman–Crippen LogP) is 0.613. The molecule has 19 heavy (non-hydrogen) atoms. The van der Waals surface area contributed by atoms with E-state index in [1.54, 1.807) is 19.1 Å². The van der Waals surface area contributed by atoms with Crippen LogP contribution in [-0.2, 0) is 14.8 Å². The van der Waals surface area contributed by atoms with Gasteiger partial charge in [0.1, 0.15) is 0 Å². The molecule has 0 aliphatic rings. The van der Waals surface area contributed by atoms with E-state index in [2.05, 4.69) is 5.32 Å². The third-order valence-corrected chi connectivity index (χ3v) is 4.21. The number of nitrogens with zero attached hydrogens (tertiary/aromatic N) is 1. The third kappa shape index (κ3) is 4.30. The zero-order chi connectivity index (χ0) is 14.6. The van der Waals surface area contributed by atoms with Crippen molar-refractivity contribution in [3.63, 3.8) is 0 Å². The quantitative estimate of drug-likeness (QED) is 0.829. The van der Waals surface area contributed by atoms with Gasteiger partial charge in [-0.05, 0) is 25.1 Å². The second kappa shape index (κ2) is 6.14. The molecule has 1 rings (SSSR count). The number of sulfonamides is 1. The Balaban J connectivity index is 2.93. The standard InChI is InChI=1S/C12H19N3O3S/c1-9(13)7-12(16)14-10-5-4-6-11(8-10)19(17,18)15(2)3/h4-6,8-9H,7,13H2,1-3H3,(H,14,16). The lowest BCUT2D eigenvalue weighted by Gasteiger charge is -2.13. The summed E-state index contributed by atoms with van der Waals surface area (Å²) in [6.45, 7) is 1.73. The Morgan fingerprint density at radius 3 is 2.58 bits per heavy atom. The predicted molar refractivity (Wildman–Crippen MR) is 74.2 cm³/mol. The fraction of sp³-hybridized carbons (Fsp3) is 0.417. The second-order valence-electron chi connectivity index (χ2n) is 4.54. The molecule has 106 valence electrons. The van der Waals surface area contributed by atoms with Gasteiger partial charge in [-0.2, -0.15) is 0 Å². The van der Waals surface area contributed by atoms with Crippen LogP contribution in [0.5, 0.6) is 0 Å². The lowest BCUT2D eigenvalue weighted by atomic mass is 10.2. The van der Waals surface area contributed by atoms with Crippen molar-refractivity contribution in [2.24, 2.45) is 5.73 Å². The Labute approximate surface area is 113 Å². The summed E-state index contributed by atoms with van der Waals surface area (Å²) in [5.74, 6) is -0.241. The molecule has 1 amide bonds. The first-order valence-electron chi connectivity index (χ1n) is 5.81. The van der Waals surface area contributed by atoms with E-state index in [0.717, 1.165) is 4.31 Å². The number of benzene rings is 1. The smallest absolute Gasteiger partial charge is 0.242 e. The van der Waals surface area contributed by atoms with Gasteiger partial charge in [0.15, 0.2) is 0 Å². The number of hydrogen-bond acceptors (Lipinski definition) is 4. The van der Waals surface area contributed by atoms with Crippen LogP contribution in [0.25, 0.3) is 0 Å². The monoisotopic (exact) mass is 285 g/mol. The SMILES string of the molecule is CC(N)CC(=O)Nc1cccc(S(=O)(=O)N(C)C)c1. The minimum Gasteiger partial charge on any atom is -0.327 e. The molecule has 0 spiro atoms. The van der Waals surface area contributed by atoms with Gasteiger partial charge in [0.05, 0.1) is 4.90 Å². The molecule has 0 bridgehead atoms. The number of hydrogen-bond donors (Lipinski definition) is 2. The third-order valence-electron chi connectivity index (χ3n) is 2.40. The Kier molecular flexibility index (Phi) is 5.04. The van der Waals surface area contributed by atoms with Crippen LogP contribution in [0.4, 0.5) is 5.69 Å². The molecule has 0 heterocycles. The van der Waals surface area contributed by atoms with E-state index in [0.29, 0.717) is 5.69 Å². The van der Waals surface area contributed by atoms with Gasteiger partial charge >= 0.3 is 0 Å². The summed E-state index contributed by atoms with van der Waals surface area (Å²) in [6.07, 6.45) is 0.185. The summed E-state index contributed by atoms with van der Waals surface area (Å²) in [5.41, 5.74) is 5.96. The van der Waals surface area contributed by atoms with Gasteiger partial charge < -0.3 is 11.1 Å². The van der Waals surface area contributed by atoms with E-state index in [9.17, 15) is 13.2 Å². The fourth-order valence-electron chi connectivity index (χ4n) is 1.45. The van der Waals surface area contributed by atoms with Crippen molar-refractivity contribution in [3.05, 3.63) is 24.3 Å². The van der Waals surface area contributed by atoms with Crippen molar-refractivity contribution >= 4 is 21.6 Å². The molecule has 0 saturated heterocycles. The molecule has 0 aliphatic carbocycles. The summed E-state index contributed by atoms with van der Waals surface area (Å²) in [4.78, 5) is 11.7. The van der Waals surface area contributed by atoms with Gasteiger partial charge in [0, 0.05) is 32.2 Å². The van der Waals surface area contributed by atoms with Gasteiger partial charge in [-0.15, -0.1) is 0 Å². The maximum Gasteiger partial charge on any atom is 0.242 e.